The van der Waals surface area contributed by atoms with E-state index < -0.39 is 11.6 Å². The fraction of sp³-hybridized carbons (Fsp3) is 0.333. The minimum absolute atomic E-state index is 0.0997. The Morgan fingerprint density at radius 3 is 2.74 bits per heavy atom. The molecule has 1 aliphatic rings. The molecule has 1 aromatic heterocycles. The maximum atomic E-state index is 14.0. The number of aryl methyl sites for hydroxylation is 1. The van der Waals surface area contributed by atoms with Crippen molar-refractivity contribution >= 4 is 11.3 Å². The van der Waals surface area contributed by atoms with Gasteiger partial charge in [0.05, 0.1) is 5.56 Å². The molecular formula is C15H15F2NS. The highest BCUT2D eigenvalue weighted by molar-refractivity contribution is 7.15. The van der Waals surface area contributed by atoms with E-state index in [1.54, 1.807) is 13.0 Å². The van der Waals surface area contributed by atoms with E-state index in [-0.39, 0.29) is 5.56 Å². The van der Waals surface area contributed by atoms with Crippen molar-refractivity contribution in [2.75, 3.05) is 0 Å². The molecule has 1 fully saturated rings. The first-order chi connectivity index (χ1) is 9.15. The first kappa shape index (κ1) is 12.8. The Hall–Kier alpha value is -1.26. The van der Waals surface area contributed by atoms with Gasteiger partial charge in [0.1, 0.15) is 11.6 Å². The molecule has 0 bridgehead atoms. The SMILES string of the molecule is Cc1ccc(F)c(-c2ccc(CNC3CC3)s2)c1F. The molecule has 0 unspecified atom stereocenters. The standard InChI is InChI=1S/C15H15F2NS/c1-9-2-6-12(16)14(15(9)17)13-7-5-11(19-13)8-18-10-3-4-10/h2,5-7,10,18H,3-4,8H2,1H3. The first-order valence-electron chi connectivity index (χ1n) is 6.42. The van der Waals surface area contributed by atoms with Gasteiger partial charge >= 0.3 is 0 Å². The summed E-state index contributed by atoms with van der Waals surface area (Å²) in [6, 6.07) is 7.18. The molecule has 1 aliphatic carbocycles. The summed E-state index contributed by atoms with van der Waals surface area (Å²) in [5.74, 6) is -0.949. The van der Waals surface area contributed by atoms with Crippen molar-refractivity contribution < 1.29 is 8.78 Å². The summed E-state index contributed by atoms with van der Waals surface area (Å²) in [5.41, 5.74) is 0.574. The van der Waals surface area contributed by atoms with Crippen molar-refractivity contribution in [2.45, 2.75) is 32.4 Å². The second kappa shape index (κ2) is 5.02. The number of benzene rings is 1. The van der Waals surface area contributed by atoms with Crippen LogP contribution in [0, 0.1) is 18.6 Å². The van der Waals surface area contributed by atoms with Crippen molar-refractivity contribution in [3.63, 3.8) is 0 Å². The topological polar surface area (TPSA) is 12.0 Å². The van der Waals surface area contributed by atoms with Gasteiger partial charge < -0.3 is 5.32 Å². The number of hydrogen-bond donors (Lipinski definition) is 1. The molecule has 1 N–H and O–H groups in total. The number of hydrogen-bond acceptors (Lipinski definition) is 2. The molecule has 1 nitrogen and oxygen atoms in total. The zero-order valence-electron chi connectivity index (χ0n) is 10.7. The van der Waals surface area contributed by atoms with Gasteiger partial charge in [-0.15, -0.1) is 11.3 Å². The second-order valence-electron chi connectivity index (χ2n) is 4.97. The van der Waals surface area contributed by atoms with E-state index in [1.807, 2.05) is 6.07 Å². The molecule has 2 aromatic rings. The van der Waals surface area contributed by atoms with E-state index in [0.717, 1.165) is 11.4 Å². The predicted octanol–water partition coefficient (Wildman–Crippen LogP) is 4.25. The third kappa shape index (κ3) is 2.69. The van der Waals surface area contributed by atoms with Gasteiger partial charge in [0.15, 0.2) is 0 Å². The minimum Gasteiger partial charge on any atom is -0.309 e. The van der Waals surface area contributed by atoms with Crippen LogP contribution in [0.5, 0.6) is 0 Å². The molecule has 4 heteroatoms. The quantitative estimate of drug-likeness (QED) is 0.882. The molecule has 1 heterocycles. The molecule has 0 saturated heterocycles. The number of thiophene rings is 1. The Morgan fingerprint density at radius 2 is 2.00 bits per heavy atom. The van der Waals surface area contributed by atoms with Gasteiger partial charge in [0.2, 0.25) is 0 Å². The highest BCUT2D eigenvalue weighted by Gasteiger charge is 2.21. The van der Waals surface area contributed by atoms with E-state index in [9.17, 15) is 8.78 Å². The molecule has 0 aliphatic heterocycles. The Labute approximate surface area is 115 Å². The van der Waals surface area contributed by atoms with Gasteiger partial charge in [-0.25, -0.2) is 8.78 Å². The van der Waals surface area contributed by atoms with Crippen LogP contribution in [0.1, 0.15) is 23.3 Å². The van der Waals surface area contributed by atoms with Gasteiger partial charge in [-0.2, -0.15) is 0 Å². The largest absolute Gasteiger partial charge is 0.309 e. The van der Waals surface area contributed by atoms with Crippen LogP contribution >= 0.6 is 11.3 Å². The van der Waals surface area contributed by atoms with Crippen LogP contribution in [0.15, 0.2) is 24.3 Å². The maximum Gasteiger partial charge on any atom is 0.137 e. The summed E-state index contributed by atoms with van der Waals surface area (Å²) in [4.78, 5) is 1.77. The zero-order chi connectivity index (χ0) is 13.4. The summed E-state index contributed by atoms with van der Waals surface area (Å²) in [6.45, 7) is 2.44. The molecule has 0 radical (unpaired) electrons. The highest BCUT2D eigenvalue weighted by atomic mass is 32.1. The predicted molar refractivity (Wildman–Crippen MR) is 74.3 cm³/mol. The Kier molecular flexibility index (Phi) is 3.37. The fourth-order valence-electron chi connectivity index (χ4n) is 2.02. The van der Waals surface area contributed by atoms with Crippen molar-refractivity contribution in [3.05, 3.63) is 46.3 Å². The number of nitrogens with one attached hydrogen (secondary N) is 1. The third-order valence-electron chi connectivity index (χ3n) is 3.33. The first-order valence-corrected chi connectivity index (χ1v) is 7.24. The molecule has 0 spiro atoms. The van der Waals surface area contributed by atoms with Crippen LogP contribution in [0.2, 0.25) is 0 Å². The van der Waals surface area contributed by atoms with E-state index in [0.29, 0.717) is 16.5 Å². The van der Waals surface area contributed by atoms with Gasteiger partial charge in [0, 0.05) is 22.3 Å². The van der Waals surface area contributed by atoms with Crippen molar-refractivity contribution in [3.8, 4) is 10.4 Å². The molecule has 0 atom stereocenters. The Morgan fingerprint density at radius 1 is 1.21 bits per heavy atom. The second-order valence-corrected chi connectivity index (χ2v) is 6.14. The summed E-state index contributed by atoms with van der Waals surface area (Å²) >= 11 is 1.45. The molecule has 19 heavy (non-hydrogen) atoms. The monoisotopic (exact) mass is 279 g/mol. The van der Waals surface area contributed by atoms with E-state index >= 15 is 0 Å². The van der Waals surface area contributed by atoms with Gasteiger partial charge in [-0.1, -0.05) is 6.07 Å². The van der Waals surface area contributed by atoms with Crippen molar-refractivity contribution in [2.24, 2.45) is 0 Å². The van der Waals surface area contributed by atoms with Gasteiger partial charge in [0.25, 0.3) is 0 Å². The molecule has 0 amide bonds. The molecule has 1 aromatic carbocycles. The fourth-order valence-corrected chi connectivity index (χ4v) is 3.02. The van der Waals surface area contributed by atoms with E-state index in [2.05, 4.69) is 5.32 Å². The molecular weight excluding hydrogens is 264 g/mol. The lowest BCUT2D eigenvalue weighted by molar-refractivity contribution is 0.584. The average Bonchev–Trinajstić information content (AvgIpc) is 3.11. The van der Waals surface area contributed by atoms with Crippen molar-refractivity contribution in [1.29, 1.82) is 0 Å². The Bertz CT molecular complexity index is 602. The highest BCUT2D eigenvalue weighted by Crippen LogP contribution is 2.33. The lowest BCUT2D eigenvalue weighted by atomic mass is 10.1. The zero-order valence-corrected chi connectivity index (χ0v) is 11.5. The molecule has 3 rings (SSSR count). The normalized spacial score (nSPS) is 14.9. The minimum atomic E-state index is -0.494. The van der Waals surface area contributed by atoms with E-state index in [4.69, 9.17) is 0 Å². The smallest absolute Gasteiger partial charge is 0.137 e. The van der Waals surface area contributed by atoms with Gasteiger partial charge in [-0.3, -0.25) is 0 Å². The summed E-state index contributed by atoms with van der Waals surface area (Å²) in [6.07, 6.45) is 2.47. The Balaban J connectivity index is 1.87. The lowest BCUT2D eigenvalue weighted by Crippen LogP contribution is -2.14. The van der Waals surface area contributed by atoms with Crippen LogP contribution in [-0.2, 0) is 6.54 Å². The van der Waals surface area contributed by atoms with Crippen LogP contribution in [-0.4, -0.2) is 6.04 Å². The number of halogens is 2. The van der Waals surface area contributed by atoms with E-state index in [1.165, 1.54) is 36.3 Å². The molecule has 100 valence electrons. The van der Waals surface area contributed by atoms with Crippen LogP contribution in [0.25, 0.3) is 10.4 Å². The van der Waals surface area contributed by atoms with Crippen molar-refractivity contribution in [1.82, 2.24) is 5.32 Å². The average molecular weight is 279 g/mol. The summed E-state index contributed by atoms with van der Waals surface area (Å²) < 4.78 is 27.8. The summed E-state index contributed by atoms with van der Waals surface area (Å²) in [5, 5.41) is 3.40. The van der Waals surface area contributed by atoms with Crippen LogP contribution < -0.4 is 5.32 Å². The van der Waals surface area contributed by atoms with Crippen LogP contribution in [0.4, 0.5) is 8.78 Å². The summed E-state index contributed by atoms with van der Waals surface area (Å²) in [7, 11) is 0. The maximum absolute atomic E-state index is 14.0. The molecule has 1 saturated carbocycles. The number of rotatable bonds is 4. The van der Waals surface area contributed by atoms with Crippen LogP contribution in [0.3, 0.4) is 0 Å². The lowest BCUT2D eigenvalue weighted by Gasteiger charge is -2.05. The van der Waals surface area contributed by atoms with Gasteiger partial charge in [-0.05, 0) is 43.5 Å². The third-order valence-corrected chi connectivity index (χ3v) is 4.44.